The highest BCUT2D eigenvalue weighted by molar-refractivity contribution is 8.04. The maximum absolute atomic E-state index is 13.0. The summed E-state index contributed by atoms with van der Waals surface area (Å²) < 4.78 is 39.0. The second kappa shape index (κ2) is 8.94. The van der Waals surface area contributed by atoms with Crippen LogP contribution in [0.3, 0.4) is 0 Å². The quantitative estimate of drug-likeness (QED) is 0.574. The van der Waals surface area contributed by atoms with Gasteiger partial charge in [-0.15, -0.1) is 0 Å². The zero-order valence-corrected chi connectivity index (χ0v) is 17.0. The number of aromatic nitrogens is 2. The first-order valence-corrected chi connectivity index (χ1v) is 9.91. The van der Waals surface area contributed by atoms with Crippen LogP contribution in [0.1, 0.15) is 28.8 Å². The fourth-order valence-corrected chi connectivity index (χ4v) is 3.97. The molecule has 0 spiro atoms. The summed E-state index contributed by atoms with van der Waals surface area (Å²) in [5.41, 5.74) is 4.83. The SMILES string of the molecule is CCN(CCO)C(=O)c1ccc2c(c1)S/C(=C(/C(N)=O)c1nccc(C(F)(F)F)n1)N2. The molecule has 0 aliphatic carbocycles. The number of anilines is 1. The number of aliphatic hydroxyl groups is 1. The molecule has 0 unspecified atom stereocenters. The number of rotatable bonds is 6. The Labute approximate surface area is 179 Å². The summed E-state index contributed by atoms with van der Waals surface area (Å²) in [6.45, 7) is 2.20. The summed E-state index contributed by atoms with van der Waals surface area (Å²) in [6.07, 6.45) is -3.81. The van der Waals surface area contributed by atoms with Gasteiger partial charge in [0.1, 0.15) is 11.3 Å². The third kappa shape index (κ3) is 4.80. The molecule has 31 heavy (non-hydrogen) atoms. The van der Waals surface area contributed by atoms with E-state index < -0.39 is 23.6 Å². The molecule has 2 amide bonds. The Morgan fingerprint density at radius 1 is 1.29 bits per heavy atom. The summed E-state index contributed by atoms with van der Waals surface area (Å²) >= 11 is 1.03. The lowest BCUT2D eigenvalue weighted by atomic mass is 10.1. The molecule has 1 aliphatic heterocycles. The second-order valence-corrected chi connectivity index (χ2v) is 7.43. The zero-order chi connectivity index (χ0) is 22.8. The number of primary amides is 1. The standard InChI is InChI=1S/C19H18F3N5O3S/c1-2-27(7-8-28)18(30)10-3-4-11-12(9-10)31-17(25-11)14(15(23)29)16-24-6-5-13(26-16)19(20,21)22/h3-6,9,25,28H,2,7-8H2,1H3,(H2,23,29)/b17-14-. The number of likely N-dealkylation sites (N-methyl/N-ethyl adjacent to an activating group) is 1. The number of amides is 2. The summed E-state index contributed by atoms with van der Waals surface area (Å²) in [7, 11) is 0. The van der Waals surface area contributed by atoms with Crippen molar-refractivity contribution in [2.75, 3.05) is 25.0 Å². The number of hydrogen-bond acceptors (Lipinski definition) is 7. The van der Waals surface area contributed by atoms with Crippen LogP contribution in [0.5, 0.6) is 0 Å². The predicted molar refractivity (Wildman–Crippen MR) is 108 cm³/mol. The highest BCUT2D eigenvalue weighted by Gasteiger charge is 2.34. The molecule has 1 aromatic heterocycles. The van der Waals surface area contributed by atoms with E-state index in [0.717, 1.165) is 18.0 Å². The van der Waals surface area contributed by atoms with Crippen LogP contribution in [0.15, 0.2) is 40.4 Å². The number of aliphatic hydroxyl groups excluding tert-OH is 1. The number of nitrogens with two attached hydrogens (primary N) is 1. The van der Waals surface area contributed by atoms with Crippen molar-refractivity contribution in [2.45, 2.75) is 18.0 Å². The van der Waals surface area contributed by atoms with Crippen molar-refractivity contribution in [3.63, 3.8) is 0 Å². The van der Waals surface area contributed by atoms with Crippen LogP contribution in [-0.2, 0) is 11.0 Å². The number of halogens is 3. The van der Waals surface area contributed by atoms with E-state index in [1.807, 2.05) is 0 Å². The molecule has 0 fully saturated rings. The lowest BCUT2D eigenvalue weighted by molar-refractivity contribution is -0.141. The third-order valence-electron chi connectivity index (χ3n) is 4.37. The number of hydrogen-bond donors (Lipinski definition) is 3. The Balaban J connectivity index is 1.97. The minimum absolute atomic E-state index is 0.161. The number of benzene rings is 1. The van der Waals surface area contributed by atoms with E-state index in [2.05, 4.69) is 15.3 Å². The molecule has 12 heteroatoms. The average Bonchev–Trinajstić information content (AvgIpc) is 3.13. The van der Waals surface area contributed by atoms with Crippen molar-refractivity contribution in [3.05, 3.63) is 52.6 Å². The molecule has 3 rings (SSSR count). The van der Waals surface area contributed by atoms with E-state index in [0.29, 0.717) is 28.8 Å². The van der Waals surface area contributed by atoms with Crippen molar-refractivity contribution in [1.82, 2.24) is 14.9 Å². The summed E-state index contributed by atoms with van der Waals surface area (Å²) in [5.74, 6) is -1.74. The van der Waals surface area contributed by atoms with E-state index in [-0.39, 0.29) is 29.7 Å². The number of alkyl halides is 3. The maximum atomic E-state index is 13.0. The van der Waals surface area contributed by atoms with Crippen molar-refractivity contribution >= 4 is 34.8 Å². The lowest BCUT2D eigenvalue weighted by Gasteiger charge is -2.19. The molecule has 2 aromatic rings. The number of fused-ring (bicyclic) bond motifs is 1. The fourth-order valence-electron chi connectivity index (χ4n) is 2.88. The minimum Gasteiger partial charge on any atom is -0.395 e. The van der Waals surface area contributed by atoms with E-state index in [4.69, 9.17) is 10.8 Å². The highest BCUT2D eigenvalue weighted by Crippen LogP contribution is 2.44. The van der Waals surface area contributed by atoms with E-state index in [1.165, 1.54) is 4.90 Å². The molecule has 0 atom stereocenters. The van der Waals surface area contributed by atoms with Gasteiger partial charge in [0.2, 0.25) is 0 Å². The van der Waals surface area contributed by atoms with Crippen molar-refractivity contribution in [2.24, 2.45) is 5.73 Å². The molecule has 1 aromatic carbocycles. The molecule has 4 N–H and O–H groups in total. The van der Waals surface area contributed by atoms with Crippen LogP contribution < -0.4 is 11.1 Å². The first-order chi connectivity index (χ1) is 14.7. The predicted octanol–water partition coefficient (Wildman–Crippen LogP) is 2.32. The highest BCUT2D eigenvalue weighted by atomic mass is 32.2. The Morgan fingerprint density at radius 2 is 2.03 bits per heavy atom. The van der Waals surface area contributed by atoms with Crippen LogP contribution in [0.4, 0.5) is 18.9 Å². The number of nitrogens with zero attached hydrogens (tertiary/aromatic N) is 3. The normalized spacial score (nSPS) is 14.6. The second-order valence-electron chi connectivity index (χ2n) is 6.38. The van der Waals surface area contributed by atoms with Crippen LogP contribution >= 0.6 is 11.8 Å². The van der Waals surface area contributed by atoms with Gasteiger partial charge in [-0.25, -0.2) is 9.97 Å². The molecule has 0 radical (unpaired) electrons. The molecule has 8 nitrogen and oxygen atoms in total. The molecule has 0 bridgehead atoms. The summed E-state index contributed by atoms with van der Waals surface area (Å²) in [5, 5.41) is 12.2. The van der Waals surface area contributed by atoms with E-state index >= 15 is 0 Å². The first kappa shape index (κ1) is 22.6. The first-order valence-electron chi connectivity index (χ1n) is 9.09. The topological polar surface area (TPSA) is 121 Å². The largest absolute Gasteiger partial charge is 0.433 e. The van der Waals surface area contributed by atoms with Crippen LogP contribution in [0, 0.1) is 0 Å². The van der Waals surface area contributed by atoms with Crippen molar-refractivity contribution < 1.29 is 27.9 Å². The van der Waals surface area contributed by atoms with Crippen molar-refractivity contribution in [1.29, 1.82) is 0 Å². The molecule has 1 aliphatic rings. The monoisotopic (exact) mass is 453 g/mol. The van der Waals surface area contributed by atoms with Crippen LogP contribution in [0.2, 0.25) is 0 Å². The minimum atomic E-state index is -4.71. The molecule has 2 heterocycles. The average molecular weight is 453 g/mol. The maximum Gasteiger partial charge on any atom is 0.433 e. The van der Waals surface area contributed by atoms with E-state index in [1.54, 1.807) is 25.1 Å². The Kier molecular flexibility index (Phi) is 6.51. The smallest absolute Gasteiger partial charge is 0.395 e. The van der Waals surface area contributed by atoms with Crippen LogP contribution in [0.25, 0.3) is 5.57 Å². The van der Waals surface area contributed by atoms with Gasteiger partial charge in [-0.2, -0.15) is 13.2 Å². The van der Waals surface area contributed by atoms with Gasteiger partial charge in [-0.1, -0.05) is 11.8 Å². The van der Waals surface area contributed by atoms with Gasteiger partial charge < -0.3 is 21.1 Å². The number of thioether (sulfide) groups is 1. The fraction of sp³-hybridized carbons (Fsp3) is 0.263. The van der Waals surface area contributed by atoms with Gasteiger partial charge in [-0.05, 0) is 31.2 Å². The van der Waals surface area contributed by atoms with Gasteiger partial charge in [0.15, 0.2) is 5.82 Å². The summed E-state index contributed by atoms with van der Waals surface area (Å²) in [4.78, 5) is 33.9. The number of nitrogens with one attached hydrogen (secondary N) is 1. The van der Waals surface area contributed by atoms with E-state index in [9.17, 15) is 22.8 Å². The summed E-state index contributed by atoms with van der Waals surface area (Å²) in [6, 6.07) is 5.47. The van der Waals surface area contributed by atoms with Gasteiger partial charge in [0.05, 0.1) is 17.3 Å². The molecule has 164 valence electrons. The molecule has 0 saturated carbocycles. The Morgan fingerprint density at radius 3 is 2.65 bits per heavy atom. The lowest BCUT2D eigenvalue weighted by Crippen LogP contribution is -2.33. The van der Waals surface area contributed by atoms with Gasteiger partial charge >= 0.3 is 6.18 Å². The molecular formula is C19H18F3N5O3S. The van der Waals surface area contributed by atoms with Gasteiger partial charge in [0, 0.05) is 29.7 Å². The Hall–Kier alpha value is -3.12. The Bertz CT molecular complexity index is 1060. The number of carbonyl (C=O) groups excluding carboxylic acids is 2. The van der Waals surface area contributed by atoms with Gasteiger partial charge in [-0.3, -0.25) is 9.59 Å². The van der Waals surface area contributed by atoms with Crippen LogP contribution in [-0.4, -0.2) is 51.5 Å². The zero-order valence-electron chi connectivity index (χ0n) is 16.2. The third-order valence-corrected chi connectivity index (χ3v) is 5.44. The van der Waals surface area contributed by atoms with Gasteiger partial charge in [0.25, 0.3) is 11.8 Å². The molecular weight excluding hydrogens is 435 g/mol. The van der Waals surface area contributed by atoms with Crippen molar-refractivity contribution in [3.8, 4) is 0 Å². The number of carbonyl (C=O) groups is 2. The molecule has 0 saturated heterocycles.